The van der Waals surface area contributed by atoms with Crippen LogP contribution < -0.4 is 0 Å². The third kappa shape index (κ3) is 4.24. The fourth-order valence-corrected chi connectivity index (χ4v) is 3.95. The maximum Gasteiger partial charge on any atom is 0.0576 e. The van der Waals surface area contributed by atoms with Crippen molar-refractivity contribution >= 4 is 0 Å². The van der Waals surface area contributed by atoms with Crippen LogP contribution in [0.15, 0.2) is 0 Å². The van der Waals surface area contributed by atoms with Crippen molar-refractivity contribution in [3.8, 4) is 0 Å². The highest BCUT2D eigenvalue weighted by Gasteiger charge is 2.29. The maximum absolute atomic E-state index is 10.4. The number of rotatable bonds is 4. The quantitative estimate of drug-likeness (QED) is 0.827. The average molecular weight is 254 g/mol. The Labute approximate surface area is 112 Å². The lowest BCUT2D eigenvalue weighted by molar-refractivity contribution is -0.00950. The lowest BCUT2D eigenvalue weighted by Gasteiger charge is -2.35. The summed E-state index contributed by atoms with van der Waals surface area (Å²) in [5, 5.41) is 10.4. The summed E-state index contributed by atoms with van der Waals surface area (Å²) in [5.41, 5.74) is 0. The van der Waals surface area contributed by atoms with E-state index in [4.69, 9.17) is 4.74 Å². The Bertz CT molecular complexity index is 225. The Morgan fingerprint density at radius 2 is 1.83 bits per heavy atom. The molecule has 2 nitrogen and oxygen atoms in total. The smallest absolute Gasteiger partial charge is 0.0576 e. The van der Waals surface area contributed by atoms with Crippen LogP contribution in [0.4, 0.5) is 0 Å². The molecule has 2 aliphatic rings. The van der Waals surface area contributed by atoms with Crippen molar-refractivity contribution in [3.05, 3.63) is 0 Å². The zero-order chi connectivity index (χ0) is 13.0. The normalized spacial score (nSPS) is 39.5. The van der Waals surface area contributed by atoms with Crippen molar-refractivity contribution < 1.29 is 9.84 Å². The molecule has 0 amide bonds. The maximum atomic E-state index is 10.4. The van der Waals surface area contributed by atoms with Crippen LogP contribution in [0, 0.1) is 17.8 Å². The van der Waals surface area contributed by atoms with E-state index in [9.17, 15) is 5.11 Å². The molecule has 1 saturated heterocycles. The Morgan fingerprint density at radius 1 is 1.11 bits per heavy atom. The van der Waals surface area contributed by atoms with Gasteiger partial charge in [-0.05, 0) is 69.1 Å². The Hall–Kier alpha value is -0.0800. The number of ether oxygens (including phenoxy) is 1. The summed E-state index contributed by atoms with van der Waals surface area (Å²) in [4.78, 5) is 0. The molecule has 106 valence electrons. The van der Waals surface area contributed by atoms with Crippen LogP contribution in [-0.4, -0.2) is 23.9 Å². The van der Waals surface area contributed by atoms with E-state index < -0.39 is 0 Å². The highest BCUT2D eigenvalue weighted by molar-refractivity contribution is 4.80. The molecule has 4 atom stereocenters. The summed E-state index contributed by atoms with van der Waals surface area (Å²) < 4.78 is 5.75. The second-order valence-corrected chi connectivity index (χ2v) is 6.81. The molecular weight excluding hydrogens is 224 g/mol. The molecule has 1 aliphatic carbocycles. The van der Waals surface area contributed by atoms with Crippen LogP contribution in [-0.2, 0) is 4.74 Å². The molecule has 0 radical (unpaired) electrons. The van der Waals surface area contributed by atoms with Crippen LogP contribution in [0.25, 0.3) is 0 Å². The molecule has 1 N–H and O–H groups in total. The standard InChI is InChI=1S/C16H30O2/c1-12-9-13(2)11-14(10-12)16(17)7-6-15-5-3-4-8-18-15/h12-17H,3-11H2,1-2H3. The van der Waals surface area contributed by atoms with Crippen molar-refractivity contribution in [1.29, 1.82) is 0 Å². The minimum absolute atomic E-state index is 0.0965. The van der Waals surface area contributed by atoms with Crippen LogP contribution >= 0.6 is 0 Å². The van der Waals surface area contributed by atoms with Gasteiger partial charge >= 0.3 is 0 Å². The highest BCUT2D eigenvalue weighted by Crippen LogP contribution is 2.36. The van der Waals surface area contributed by atoms with Gasteiger partial charge in [0.25, 0.3) is 0 Å². The molecule has 4 unspecified atom stereocenters. The summed E-state index contributed by atoms with van der Waals surface area (Å²) in [6, 6.07) is 0. The summed E-state index contributed by atoms with van der Waals surface area (Å²) >= 11 is 0. The van der Waals surface area contributed by atoms with Gasteiger partial charge in [0.1, 0.15) is 0 Å². The van der Waals surface area contributed by atoms with E-state index in [1.807, 2.05) is 0 Å². The Morgan fingerprint density at radius 3 is 2.44 bits per heavy atom. The second-order valence-electron chi connectivity index (χ2n) is 6.81. The minimum atomic E-state index is -0.0965. The molecule has 2 heteroatoms. The monoisotopic (exact) mass is 254 g/mol. The van der Waals surface area contributed by atoms with Crippen LogP contribution in [0.2, 0.25) is 0 Å². The van der Waals surface area contributed by atoms with Crippen LogP contribution in [0.1, 0.15) is 65.2 Å². The second kappa shape index (κ2) is 6.91. The van der Waals surface area contributed by atoms with Crippen molar-refractivity contribution in [2.45, 2.75) is 77.4 Å². The molecule has 0 aromatic carbocycles. The van der Waals surface area contributed by atoms with Gasteiger partial charge in [-0.25, -0.2) is 0 Å². The fraction of sp³-hybridized carbons (Fsp3) is 1.00. The number of aliphatic hydroxyl groups is 1. The third-order valence-corrected chi connectivity index (χ3v) is 4.82. The molecule has 2 rings (SSSR count). The SMILES string of the molecule is CC1CC(C)CC(C(O)CCC2CCCCO2)C1. The first-order valence-electron chi connectivity index (χ1n) is 7.94. The average Bonchev–Trinajstić information content (AvgIpc) is 2.36. The molecule has 0 aromatic rings. The summed E-state index contributed by atoms with van der Waals surface area (Å²) in [7, 11) is 0. The van der Waals surface area contributed by atoms with Gasteiger partial charge in [-0.1, -0.05) is 13.8 Å². The largest absolute Gasteiger partial charge is 0.393 e. The first-order chi connectivity index (χ1) is 8.65. The van der Waals surface area contributed by atoms with E-state index in [0.717, 1.165) is 31.3 Å². The molecule has 1 heterocycles. The molecule has 2 fully saturated rings. The third-order valence-electron chi connectivity index (χ3n) is 4.82. The van der Waals surface area contributed by atoms with Gasteiger partial charge < -0.3 is 9.84 Å². The predicted molar refractivity (Wildman–Crippen MR) is 74.5 cm³/mol. The molecular formula is C16H30O2. The van der Waals surface area contributed by atoms with Gasteiger partial charge in [-0.2, -0.15) is 0 Å². The number of aliphatic hydroxyl groups excluding tert-OH is 1. The molecule has 1 aliphatic heterocycles. The van der Waals surface area contributed by atoms with Gasteiger partial charge in [-0.3, -0.25) is 0 Å². The zero-order valence-corrected chi connectivity index (χ0v) is 12.1. The van der Waals surface area contributed by atoms with Gasteiger partial charge in [0.15, 0.2) is 0 Å². The van der Waals surface area contributed by atoms with E-state index >= 15 is 0 Å². The first-order valence-corrected chi connectivity index (χ1v) is 7.94. The molecule has 0 spiro atoms. The lowest BCUT2D eigenvalue weighted by Crippen LogP contribution is -2.30. The van der Waals surface area contributed by atoms with Crippen LogP contribution in [0.5, 0.6) is 0 Å². The van der Waals surface area contributed by atoms with Gasteiger partial charge in [-0.15, -0.1) is 0 Å². The van der Waals surface area contributed by atoms with Gasteiger partial charge in [0.2, 0.25) is 0 Å². The van der Waals surface area contributed by atoms with E-state index in [-0.39, 0.29) is 6.10 Å². The summed E-state index contributed by atoms with van der Waals surface area (Å²) in [6.07, 6.45) is 9.82. The fourth-order valence-electron chi connectivity index (χ4n) is 3.95. The van der Waals surface area contributed by atoms with E-state index in [1.165, 1.54) is 38.5 Å². The zero-order valence-electron chi connectivity index (χ0n) is 12.1. The van der Waals surface area contributed by atoms with Crippen molar-refractivity contribution in [2.24, 2.45) is 17.8 Å². The van der Waals surface area contributed by atoms with Crippen molar-refractivity contribution in [3.63, 3.8) is 0 Å². The number of hydrogen-bond acceptors (Lipinski definition) is 2. The van der Waals surface area contributed by atoms with E-state index in [0.29, 0.717) is 12.0 Å². The Kier molecular flexibility index (Phi) is 5.50. The molecule has 1 saturated carbocycles. The van der Waals surface area contributed by atoms with Crippen molar-refractivity contribution in [2.75, 3.05) is 6.61 Å². The summed E-state index contributed by atoms with van der Waals surface area (Å²) in [6.45, 7) is 5.59. The van der Waals surface area contributed by atoms with Gasteiger partial charge in [0, 0.05) is 6.61 Å². The molecule has 0 aromatic heterocycles. The Balaban J connectivity index is 1.71. The minimum Gasteiger partial charge on any atom is -0.393 e. The first kappa shape index (κ1) is 14.3. The van der Waals surface area contributed by atoms with Crippen LogP contribution in [0.3, 0.4) is 0 Å². The topological polar surface area (TPSA) is 29.5 Å². The molecule has 18 heavy (non-hydrogen) atoms. The highest BCUT2D eigenvalue weighted by atomic mass is 16.5. The van der Waals surface area contributed by atoms with E-state index in [2.05, 4.69) is 13.8 Å². The lowest BCUT2D eigenvalue weighted by atomic mass is 9.73. The van der Waals surface area contributed by atoms with E-state index in [1.54, 1.807) is 0 Å². The van der Waals surface area contributed by atoms with Crippen molar-refractivity contribution in [1.82, 2.24) is 0 Å². The summed E-state index contributed by atoms with van der Waals surface area (Å²) in [5.74, 6) is 2.12. The molecule has 0 bridgehead atoms. The van der Waals surface area contributed by atoms with Gasteiger partial charge in [0.05, 0.1) is 12.2 Å². The number of hydrogen-bond donors (Lipinski definition) is 1. The predicted octanol–water partition coefficient (Wildman–Crippen LogP) is 3.77.